The molecule has 1 aromatic carbocycles. The van der Waals surface area contributed by atoms with Crippen LogP contribution in [0.15, 0.2) is 29.2 Å². The highest BCUT2D eigenvalue weighted by molar-refractivity contribution is 7.89. The Balaban J connectivity index is 0.00000180. The Morgan fingerprint density at radius 2 is 1.95 bits per heavy atom. The van der Waals surface area contributed by atoms with Gasteiger partial charge >= 0.3 is 0 Å². The molecule has 19 heavy (non-hydrogen) atoms. The first kappa shape index (κ1) is 16.7. The smallest absolute Gasteiger partial charge is 0.240 e. The monoisotopic (exact) mass is 324 g/mol. The second-order valence-electron chi connectivity index (χ2n) is 4.65. The Morgan fingerprint density at radius 3 is 2.53 bits per heavy atom. The average molecular weight is 325 g/mol. The molecule has 108 valence electrons. The molecule has 0 spiro atoms. The summed E-state index contributed by atoms with van der Waals surface area (Å²) in [6.07, 6.45) is 1.63. The highest BCUT2D eigenvalue weighted by atomic mass is 35.5. The van der Waals surface area contributed by atoms with Crippen molar-refractivity contribution in [2.45, 2.75) is 36.7 Å². The third-order valence-corrected chi connectivity index (χ3v) is 4.86. The number of rotatable bonds is 3. The van der Waals surface area contributed by atoms with E-state index in [2.05, 4.69) is 17.0 Å². The van der Waals surface area contributed by atoms with Gasteiger partial charge in [-0.2, -0.15) is 0 Å². The molecule has 4 nitrogen and oxygen atoms in total. The van der Waals surface area contributed by atoms with Crippen molar-refractivity contribution >= 4 is 34.0 Å². The fourth-order valence-electron chi connectivity index (χ4n) is 2.14. The molecule has 1 heterocycles. The van der Waals surface area contributed by atoms with Crippen molar-refractivity contribution in [2.75, 3.05) is 6.54 Å². The minimum atomic E-state index is -3.44. The summed E-state index contributed by atoms with van der Waals surface area (Å²) in [5, 5.41) is 3.82. The van der Waals surface area contributed by atoms with Crippen LogP contribution in [-0.2, 0) is 10.0 Å². The number of halogens is 2. The van der Waals surface area contributed by atoms with Gasteiger partial charge < -0.3 is 5.32 Å². The molecule has 0 radical (unpaired) electrons. The maximum atomic E-state index is 12.1. The van der Waals surface area contributed by atoms with E-state index in [1.54, 1.807) is 12.1 Å². The predicted molar refractivity (Wildman–Crippen MR) is 79.5 cm³/mol. The van der Waals surface area contributed by atoms with E-state index in [1.165, 1.54) is 12.1 Å². The highest BCUT2D eigenvalue weighted by Crippen LogP contribution is 2.16. The molecular formula is C12H18Cl2N2O2S. The molecule has 0 saturated carbocycles. The van der Waals surface area contributed by atoms with Gasteiger partial charge in [-0.3, -0.25) is 0 Å². The molecular weight excluding hydrogens is 307 g/mol. The second-order valence-corrected chi connectivity index (χ2v) is 6.80. The molecule has 1 aliphatic rings. The fourth-order valence-corrected chi connectivity index (χ4v) is 3.55. The lowest BCUT2D eigenvalue weighted by Gasteiger charge is -2.28. The Bertz CT molecular complexity index is 505. The van der Waals surface area contributed by atoms with E-state index in [-0.39, 0.29) is 23.3 Å². The van der Waals surface area contributed by atoms with Crippen LogP contribution in [0.5, 0.6) is 0 Å². The van der Waals surface area contributed by atoms with E-state index in [1.807, 2.05) is 0 Å². The average Bonchev–Trinajstić information content (AvgIpc) is 2.29. The third kappa shape index (κ3) is 4.61. The summed E-state index contributed by atoms with van der Waals surface area (Å²) in [7, 11) is -3.44. The molecule has 1 aliphatic heterocycles. The Kier molecular flexibility index (Phi) is 6.08. The van der Waals surface area contributed by atoms with Crippen molar-refractivity contribution in [3.05, 3.63) is 29.3 Å². The highest BCUT2D eigenvalue weighted by Gasteiger charge is 2.24. The Morgan fingerprint density at radius 1 is 1.32 bits per heavy atom. The van der Waals surface area contributed by atoms with Crippen LogP contribution in [0.25, 0.3) is 0 Å². The summed E-state index contributed by atoms with van der Waals surface area (Å²) < 4.78 is 27.0. The van der Waals surface area contributed by atoms with E-state index < -0.39 is 10.0 Å². The van der Waals surface area contributed by atoms with Crippen molar-refractivity contribution in [1.82, 2.24) is 10.0 Å². The normalized spacial score (nSPS) is 23.7. The lowest BCUT2D eigenvalue weighted by molar-refractivity contribution is 0.361. The summed E-state index contributed by atoms with van der Waals surface area (Å²) in [6.45, 7) is 2.90. The van der Waals surface area contributed by atoms with Crippen LogP contribution in [0.4, 0.5) is 0 Å². The zero-order chi connectivity index (χ0) is 13.2. The largest absolute Gasteiger partial charge is 0.314 e. The zero-order valence-corrected chi connectivity index (χ0v) is 13.0. The minimum absolute atomic E-state index is 0. The number of hydrogen-bond acceptors (Lipinski definition) is 3. The van der Waals surface area contributed by atoms with Crippen LogP contribution in [0, 0.1) is 0 Å². The van der Waals surface area contributed by atoms with Gasteiger partial charge in [-0.05, 0) is 50.6 Å². The standard InChI is InChI=1S/C12H17ClN2O2S.ClH/c1-9-8-11(6-7-14-9)15-18(16,17)12-4-2-10(13)3-5-12;/h2-5,9,11,14-15H,6-8H2,1H3;1H. The molecule has 2 unspecified atom stereocenters. The summed E-state index contributed by atoms with van der Waals surface area (Å²) >= 11 is 5.75. The molecule has 0 aliphatic carbocycles. The summed E-state index contributed by atoms with van der Waals surface area (Å²) in [5.41, 5.74) is 0. The molecule has 2 atom stereocenters. The van der Waals surface area contributed by atoms with Crippen molar-refractivity contribution in [1.29, 1.82) is 0 Å². The maximum absolute atomic E-state index is 12.1. The number of nitrogens with one attached hydrogen (secondary N) is 2. The molecule has 0 bridgehead atoms. The van der Waals surface area contributed by atoms with Gasteiger partial charge in [0.15, 0.2) is 0 Å². The first-order chi connectivity index (χ1) is 8.47. The Labute approximate surface area is 125 Å². The zero-order valence-electron chi connectivity index (χ0n) is 10.6. The summed E-state index contributed by atoms with van der Waals surface area (Å²) in [4.78, 5) is 0.262. The summed E-state index contributed by atoms with van der Waals surface area (Å²) in [6, 6.07) is 6.56. The third-order valence-electron chi connectivity index (χ3n) is 3.07. The molecule has 2 rings (SSSR count). The Hall–Kier alpha value is -0.330. The van der Waals surface area contributed by atoms with Crippen molar-refractivity contribution in [3.8, 4) is 0 Å². The van der Waals surface area contributed by atoms with Gasteiger partial charge in [0.05, 0.1) is 4.90 Å². The molecule has 1 fully saturated rings. The van der Waals surface area contributed by atoms with Crippen LogP contribution >= 0.6 is 24.0 Å². The molecule has 2 N–H and O–H groups in total. The van der Waals surface area contributed by atoms with Gasteiger partial charge in [-0.15, -0.1) is 12.4 Å². The van der Waals surface area contributed by atoms with E-state index in [9.17, 15) is 8.42 Å². The van der Waals surface area contributed by atoms with Crippen LogP contribution in [-0.4, -0.2) is 27.0 Å². The van der Waals surface area contributed by atoms with Crippen molar-refractivity contribution < 1.29 is 8.42 Å². The van der Waals surface area contributed by atoms with Gasteiger partial charge in [0, 0.05) is 17.1 Å². The lowest BCUT2D eigenvalue weighted by atomic mass is 10.0. The lowest BCUT2D eigenvalue weighted by Crippen LogP contribution is -2.46. The first-order valence-electron chi connectivity index (χ1n) is 5.98. The number of benzene rings is 1. The number of sulfonamides is 1. The van der Waals surface area contributed by atoms with Gasteiger partial charge in [-0.25, -0.2) is 13.1 Å². The minimum Gasteiger partial charge on any atom is -0.314 e. The molecule has 0 aromatic heterocycles. The second kappa shape index (κ2) is 6.90. The molecule has 0 amide bonds. The predicted octanol–water partition coefficient (Wildman–Crippen LogP) is 2.18. The van der Waals surface area contributed by atoms with Gasteiger partial charge in [0.1, 0.15) is 0 Å². The molecule has 1 aromatic rings. The van der Waals surface area contributed by atoms with E-state index in [0.29, 0.717) is 11.1 Å². The summed E-state index contributed by atoms with van der Waals surface area (Å²) in [5.74, 6) is 0. The van der Waals surface area contributed by atoms with Crippen molar-refractivity contribution in [2.24, 2.45) is 0 Å². The van der Waals surface area contributed by atoms with Crippen LogP contribution in [0.2, 0.25) is 5.02 Å². The quantitative estimate of drug-likeness (QED) is 0.896. The fraction of sp³-hybridized carbons (Fsp3) is 0.500. The maximum Gasteiger partial charge on any atom is 0.240 e. The van der Waals surface area contributed by atoms with E-state index >= 15 is 0 Å². The van der Waals surface area contributed by atoms with Crippen LogP contribution in [0.1, 0.15) is 19.8 Å². The van der Waals surface area contributed by atoms with E-state index in [0.717, 1.165) is 19.4 Å². The molecule has 7 heteroatoms. The molecule has 1 saturated heterocycles. The topological polar surface area (TPSA) is 58.2 Å². The van der Waals surface area contributed by atoms with Gasteiger partial charge in [0.2, 0.25) is 10.0 Å². The number of piperidine rings is 1. The van der Waals surface area contributed by atoms with Crippen LogP contribution in [0.3, 0.4) is 0 Å². The SMILES string of the molecule is CC1CC(NS(=O)(=O)c2ccc(Cl)cc2)CCN1.Cl. The van der Waals surface area contributed by atoms with Crippen LogP contribution < -0.4 is 10.0 Å². The number of hydrogen-bond donors (Lipinski definition) is 2. The van der Waals surface area contributed by atoms with Crippen molar-refractivity contribution in [3.63, 3.8) is 0 Å². The van der Waals surface area contributed by atoms with E-state index in [4.69, 9.17) is 11.6 Å². The van der Waals surface area contributed by atoms with Gasteiger partial charge in [-0.1, -0.05) is 11.6 Å². The first-order valence-corrected chi connectivity index (χ1v) is 7.85. The van der Waals surface area contributed by atoms with Gasteiger partial charge in [0.25, 0.3) is 0 Å².